The molecule has 5 N–H and O–H groups in total. The Morgan fingerprint density at radius 2 is 1.47 bits per heavy atom. The second-order valence-corrected chi connectivity index (χ2v) is 3.17. The summed E-state index contributed by atoms with van der Waals surface area (Å²) in [6.45, 7) is 10.3. The van der Waals surface area contributed by atoms with Gasteiger partial charge in [0.25, 0.3) is 0 Å². The van der Waals surface area contributed by atoms with E-state index in [4.69, 9.17) is 5.73 Å². The molecule has 0 atom stereocenters. The Morgan fingerprint density at radius 1 is 1.00 bits per heavy atom. The molecule has 0 saturated carbocycles. The van der Waals surface area contributed by atoms with Gasteiger partial charge in [-0.1, -0.05) is 37.1 Å². The summed E-state index contributed by atoms with van der Waals surface area (Å²) in [6, 6.07) is 0. The van der Waals surface area contributed by atoms with Gasteiger partial charge in [-0.25, -0.2) is 0 Å². The summed E-state index contributed by atoms with van der Waals surface area (Å²) in [4.78, 5) is 0. The van der Waals surface area contributed by atoms with Gasteiger partial charge >= 0.3 is 0 Å². The second-order valence-electron chi connectivity index (χ2n) is 3.17. The fourth-order valence-electron chi connectivity index (χ4n) is 0.903. The number of hydrogen-bond donors (Lipinski definition) is 2. The molecule has 0 aliphatic rings. The van der Waals surface area contributed by atoms with Crippen molar-refractivity contribution in [2.45, 2.75) is 47.5 Å². The van der Waals surface area contributed by atoms with Crippen LogP contribution >= 0.6 is 0 Å². The van der Waals surface area contributed by atoms with Crippen LogP contribution in [-0.4, -0.2) is 0 Å². The third kappa shape index (κ3) is 19.4. The summed E-state index contributed by atoms with van der Waals surface area (Å²) >= 11 is 0. The Balaban J connectivity index is -0.000000449. The van der Waals surface area contributed by atoms with Gasteiger partial charge < -0.3 is 11.9 Å². The molecule has 0 saturated heterocycles. The Kier molecular flexibility index (Phi) is 20.1. The van der Waals surface area contributed by atoms with Crippen molar-refractivity contribution in [3.63, 3.8) is 0 Å². The van der Waals surface area contributed by atoms with Crippen LogP contribution in [0.15, 0.2) is 35.6 Å². The van der Waals surface area contributed by atoms with Crippen molar-refractivity contribution in [1.29, 1.82) is 0 Å². The maximum atomic E-state index is 5.25. The van der Waals surface area contributed by atoms with E-state index in [1.807, 2.05) is 19.9 Å². The van der Waals surface area contributed by atoms with Gasteiger partial charge in [0.15, 0.2) is 0 Å². The minimum absolute atomic E-state index is 0. The highest BCUT2D eigenvalue weighted by Gasteiger charge is 1.82. The fraction of sp³-hybridized carbons (Fsp3) is 0.538. The summed E-state index contributed by atoms with van der Waals surface area (Å²) in [7, 11) is 0. The molecule has 0 aromatic rings. The molecule has 0 aliphatic heterocycles. The Morgan fingerprint density at radius 3 is 1.87 bits per heavy atom. The highest BCUT2D eigenvalue weighted by atomic mass is 14.5. The number of nitrogens with two attached hydrogens (primary N) is 1. The third-order valence-corrected chi connectivity index (χ3v) is 1.54. The average Bonchev–Trinajstić information content (AvgIpc) is 2.16. The highest BCUT2D eigenvalue weighted by molar-refractivity contribution is 5.14. The summed E-state index contributed by atoms with van der Waals surface area (Å²) < 4.78 is 0. The molecule has 0 aliphatic carbocycles. The predicted molar refractivity (Wildman–Crippen MR) is 72.1 cm³/mol. The summed E-state index contributed by atoms with van der Waals surface area (Å²) in [5.74, 6) is 0. The Bertz CT molecular complexity index is 197. The van der Waals surface area contributed by atoms with Crippen molar-refractivity contribution >= 4 is 0 Å². The zero-order chi connectivity index (χ0) is 11.4. The molecule has 90 valence electrons. The first-order valence-electron chi connectivity index (χ1n) is 5.35. The molecule has 0 radical (unpaired) electrons. The van der Waals surface area contributed by atoms with Crippen LogP contribution in [0.3, 0.4) is 0 Å². The predicted octanol–water partition coefficient (Wildman–Crippen LogP) is 4.34. The van der Waals surface area contributed by atoms with Crippen LogP contribution < -0.4 is 11.9 Å². The first-order valence-corrected chi connectivity index (χ1v) is 5.35. The largest absolute Gasteiger partial charge is 0.405 e. The lowest BCUT2D eigenvalue weighted by Gasteiger charge is -1.92. The number of rotatable bonds is 4. The van der Waals surface area contributed by atoms with Crippen molar-refractivity contribution in [2.24, 2.45) is 5.73 Å². The van der Waals surface area contributed by atoms with E-state index in [-0.39, 0.29) is 6.15 Å². The van der Waals surface area contributed by atoms with Crippen molar-refractivity contribution < 1.29 is 0 Å². The van der Waals surface area contributed by atoms with E-state index in [0.29, 0.717) is 0 Å². The van der Waals surface area contributed by atoms with Crippen LogP contribution in [0.5, 0.6) is 0 Å². The van der Waals surface area contributed by atoms with E-state index in [1.165, 1.54) is 11.1 Å². The van der Waals surface area contributed by atoms with Gasteiger partial charge in [0.1, 0.15) is 0 Å². The molecule has 0 unspecified atom stereocenters. The van der Waals surface area contributed by atoms with Gasteiger partial charge in [-0.05, 0) is 45.9 Å². The molecule has 0 heterocycles. The van der Waals surface area contributed by atoms with Gasteiger partial charge in [0.05, 0.1) is 0 Å². The van der Waals surface area contributed by atoms with Crippen LogP contribution in [0.1, 0.15) is 47.5 Å². The molecule has 15 heavy (non-hydrogen) atoms. The quantitative estimate of drug-likeness (QED) is 0.413. The molecule has 0 fully saturated rings. The lowest BCUT2D eigenvalue weighted by molar-refractivity contribution is 1.02. The highest BCUT2D eigenvalue weighted by Crippen LogP contribution is 2.02. The van der Waals surface area contributed by atoms with Gasteiger partial charge in [-0.3, -0.25) is 0 Å². The van der Waals surface area contributed by atoms with Crippen molar-refractivity contribution in [2.75, 3.05) is 0 Å². The minimum atomic E-state index is 0. The van der Waals surface area contributed by atoms with Crippen LogP contribution in [0.4, 0.5) is 0 Å². The Hall–Kier alpha value is -1.02. The topological polar surface area (TPSA) is 61.0 Å². The van der Waals surface area contributed by atoms with Crippen LogP contribution in [0.25, 0.3) is 0 Å². The lowest BCUT2D eigenvalue weighted by Crippen LogP contribution is -1.77. The zero-order valence-electron chi connectivity index (χ0n) is 11.0. The van der Waals surface area contributed by atoms with E-state index in [2.05, 4.69) is 32.9 Å². The molecule has 2 nitrogen and oxygen atoms in total. The van der Waals surface area contributed by atoms with Gasteiger partial charge in [-0.15, -0.1) is 0 Å². The van der Waals surface area contributed by atoms with Crippen LogP contribution in [-0.2, 0) is 0 Å². The van der Waals surface area contributed by atoms with Gasteiger partial charge in [-0.2, -0.15) is 0 Å². The van der Waals surface area contributed by atoms with Crippen molar-refractivity contribution in [3.05, 3.63) is 35.6 Å². The maximum absolute atomic E-state index is 5.25. The smallest absolute Gasteiger partial charge is 0.00598 e. The molecule has 0 spiro atoms. The van der Waals surface area contributed by atoms with Gasteiger partial charge in [0.2, 0.25) is 0 Å². The molecule has 0 aromatic carbocycles. The SMILES string of the molecule is CC.CC(C)=CCC/C=C(C)\C=C/N.N. The van der Waals surface area contributed by atoms with Crippen molar-refractivity contribution in [1.82, 2.24) is 6.15 Å². The molecular weight excluding hydrogens is 184 g/mol. The standard InChI is InChI=1S/C11H19N.C2H6.H3N/c1-10(2)6-4-5-7-11(3)8-9-12;1-2;/h6-9H,4-5,12H2,1-3H3;1-2H3;1H3/b9-8-,11-7-;;. The number of hydrogen-bond acceptors (Lipinski definition) is 2. The van der Waals surface area contributed by atoms with Crippen LogP contribution in [0.2, 0.25) is 0 Å². The monoisotopic (exact) mass is 212 g/mol. The summed E-state index contributed by atoms with van der Waals surface area (Å²) in [5, 5.41) is 0. The second kappa shape index (κ2) is 15.5. The zero-order valence-corrected chi connectivity index (χ0v) is 11.0. The molecule has 2 heteroatoms. The first-order chi connectivity index (χ1) is 6.66. The lowest BCUT2D eigenvalue weighted by atomic mass is 10.2. The van der Waals surface area contributed by atoms with E-state index < -0.39 is 0 Å². The molecule has 0 bridgehead atoms. The van der Waals surface area contributed by atoms with E-state index >= 15 is 0 Å². The fourth-order valence-corrected chi connectivity index (χ4v) is 0.903. The summed E-state index contributed by atoms with van der Waals surface area (Å²) in [6.07, 6.45) is 10.2. The van der Waals surface area contributed by atoms with Gasteiger partial charge in [0, 0.05) is 0 Å². The van der Waals surface area contributed by atoms with E-state index in [9.17, 15) is 0 Å². The Labute approximate surface area is 95.5 Å². The van der Waals surface area contributed by atoms with E-state index in [1.54, 1.807) is 6.20 Å². The third-order valence-electron chi connectivity index (χ3n) is 1.54. The molecular formula is C13H28N2. The normalized spacial score (nSPS) is 10.1. The minimum Gasteiger partial charge on any atom is -0.405 e. The first kappa shape index (κ1) is 19.5. The molecule has 0 aromatic heterocycles. The average molecular weight is 212 g/mol. The molecule has 0 rings (SSSR count). The summed E-state index contributed by atoms with van der Waals surface area (Å²) in [5.41, 5.74) is 7.87. The van der Waals surface area contributed by atoms with Crippen LogP contribution in [0, 0.1) is 0 Å². The number of unbranched alkanes of at least 4 members (excludes halogenated alkanes) is 1. The molecule has 0 amide bonds. The maximum Gasteiger partial charge on any atom is -0.00598 e. The van der Waals surface area contributed by atoms with E-state index in [0.717, 1.165) is 12.8 Å². The number of allylic oxidation sites excluding steroid dienone is 5. The van der Waals surface area contributed by atoms with Crippen molar-refractivity contribution in [3.8, 4) is 0 Å².